The first-order valence-corrected chi connectivity index (χ1v) is 9.60. The Morgan fingerprint density at radius 3 is 2.57 bits per heavy atom. The van der Waals surface area contributed by atoms with Gasteiger partial charge >= 0.3 is 5.97 Å². The van der Waals surface area contributed by atoms with Crippen LogP contribution in [-0.4, -0.2) is 89.8 Å². The monoisotopic (exact) mass is 390 g/mol. The van der Waals surface area contributed by atoms with Crippen molar-refractivity contribution in [3.8, 4) is 0 Å². The number of carboxylic acids is 1. The van der Waals surface area contributed by atoms with E-state index in [1.54, 1.807) is 13.2 Å². The van der Waals surface area contributed by atoms with Gasteiger partial charge in [0.25, 0.3) is 0 Å². The molecular formula is C20H25FN3O4+. The Bertz CT molecular complexity index is 840. The van der Waals surface area contributed by atoms with Gasteiger partial charge in [-0.2, -0.15) is 0 Å². The first-order valence-electron chi connectivity index (χ1n) is 9.60. The van der Waals surface area contributed by atoms with Crippen molar-refractivity contribution in [2.75, 3.05) is 46.8 Å². The van der Waals surface area contributed by atoms with Gasteiger partial charge in [0, 0.05) is 31.8 Å². The number of allylic oxidation sites excluding steroid dienone is 2. The highest BCUT2D eigenvalue weighted by atomic mass is 19.1. The smallest absolute Gasteiger partial charge is 0.318 e. The molecule has 0 aromatic carbocycles. The van der Waals surface area contributed by atoms with Gasteiger partial charge in [0.05, 0.1) is 24.9 Å². The van der Waals surface area contributed by atoms with E-state index in [-0.39, 0.29) is 23.2 Å². The van der Waals surface area contributed by atoms with Crippen LogP contribution in [0.5, 0.6) is 0 Å². The molecule has 4 atom stereocenters. The van der Waals surface area contributed by atoms with Crippen LogP contribution in [0.2, 0.25) is 0 Å². The van der Waals surface area contributed by atoms with E-state index < -0.39 is 35.5 Å². The summed E-state index contributed by atoms with van der Waals surface area (Å²) in [5.74, 6) is -3.87. The summed E-state index contributed by atoms with van der Waals surface area (Å²) in [5.41, 5.74) is 0.688. The van der Waals surface area contributed by atoms with Crippen molar-refractivity contribution < 1.29 is 28.4 Å². The number of hydrogen-bond donors (Lipinski definition) is 1. The number of Topliss-reactive ketones (excluding diaryl/α,β-unsaturated/α-hetero) is 2. The molecule has 0 aromatic heterocycles. The van der Waals surface area contributed by atoms with Crippen LogP contribution in [0.1, 0.15) is 6.42 Å². The van der Waals surface area contributed by atoms with Gasteiger partial charge in [0.1, 0.15) is 18.3 Å². The second kappa shape index (κ2) is 6.63. The summed E-state index contributed by atoms with van der Waals surface area (Å²) in [6.07, 6.45) is 4.72. The maximum atomic E-state index is 14.9. The quantitative estimate of drug-likeness (QED) is 0.548. The summed E-state index contributed by atoms with van der Waals surface area (Å²) in [5, 5.41) is 9.41. The summed E-state index contributed by atoms with van der Waals surface area (Å²) >= 11 is 0. The number of hydrogen-bond acceptors (Lipinski definition) is 5. The van der Waals surface area contributed by atoms with E-state index in [2.05, 4.69) is 4.90 Å². The second-order valence-electron chi connectivity index (χ2n) is 8.38. The van der Waals surface area contributed by atoms with Gasteiger partial charge in [-0.1, -0.05) is 0 Å². The molecule has 0 aromatic rings. The molecule has 0 spiro atoms. The standard InChI is InChI=1S/C20H24FN3O4/c1-22-6-8-23(9-7-22)17-14(21)4-3-12-16(17)15(25)11-24(2)10-5-13(20(27)28)19(26)18(12)24/h4-5,10,12-13,18H,3,6-9,11H2,1-2H3/p+1. The van der Waals surface area contributed by atoms with Crippen molar-refractivity contribution in [1.82, 2.24) is 9.80 Å². The zero-order chi connectivity index (χ0) is 20.2. The van der Waals surface area contributed by atoms with Crippen LogP contribution in [0, 0.1) is 11.8 Å². The van der Waals surface area contributed by atoms with E-state index in [1.807, 2.05) is 11.9 Å². The number of nitrogens with zero attached hydrogens (tertiary/aromatic N) is 3. The van der Waals surface area contributed by atoms with Crippen LogP contribution in [0.15, 0.2) is 35.4 Å². The fourth-order valence-electron chi connectivity index (χ4n) is 5.03. The molecule has 0 saturated carbocycles. The molecule has 3 heterocycles. The molecule has 28 heavy (non-hydrogen) atoms. The van der Waals surface area contributed by atoms with Crippen LogP contribution >= 0.6 is 0 Å². The third kappa shape index (κ3) is 2.82. The number of piperidine rings is 1. The SMILES string of the molecule is CN1CCN(C2=C3C(=O)C[N+]4(C)C=CC(C(=O)O)C(=O)C4C3CC=C2F)CC1. The molecule has 0 radical (unpaired) electrons. The number of likely N-dealkylation sites (N-methyl/N-ethyl adjacent to an activating group) is 2. The third-order valence-electron chi connectivity index (χ3n) is 6.51. The average Bonchev–Trinajstić information content (AvgIpc) is 2.62. The van der Waals surface area contributed by atoms with E-state index >= 15 is 0 Å². The Hall–Kier alpha value is -2.32. The molecule has 0 bridgehead atoms. The first-order chi connectivity index (χ1) is 13.2. The number of fused-ring (bicyclic) bond motifs is 3. The van der Waals surface area contributed by atoms with Crippen molar-refractivity contribution in [2.24, 2.45) is 11.8 Å². The van der Waals surface area contributed by atoms with Crippen LogP contribution in [0.3, 0.4) is 0 Å². The Morgan fingerprint density at radius 1 is 1.25 bits per heavy atom. The lowest BCUT2D eigenvalue weighted by molar-refractivity contribution is -0.874. The fourth-order valence-corrected chi connectivity index (χ4v) is 5.03. The number of ketones is 2. The van der Waals surface area contributed by atoms with E-state index in [1.165, 1.54) is 12.2 Å². The van der Waals surface area contributed by atoms with Crippen molar-refractivity contribution in [3.63, 3.8) is 0 Å². The summed E-state index contributed by atoms with van der Waals surface area (Å²) in [6, 6.07) is -0.689. The Labute approximate surface area is 163 Å². The first kappa shape index (κ1) is 19.0. The van der Waals surface area contributed by atoms with Gasteiger partial charge in [0.15, 0.2) is 6.04 Å². The second-order valence-corrected chi connectivity index (χ2v) is 8.38. The van der Waals surface area contributed by atoms with Crippen molar-refractivity contribution in [1.29, 1.82) is 0 Å². The van der Waals surface area contributed by atoms with Crippen molar-refractivity contribution in [3.05, 3.63) is 35.4 Å². The summed E-state index contributed by atoms with van der Waals surface area (Å²) < 4.78 is 14.9. The molecule has 2 fully saturated rings. The fraction of sp³-hybridized carbons (Fsp3) is 0.550. The van der Waals surface area contributed by atoms with E-state index in [4.69, 9.17) is 0 Å². The van der Waals surface area contributed by atoms with Crippen LogP contribution in [0.25, 0.3) is 0 Å². The molecule has 1 aliphatic carbocycles. The molecule has 150 valence electrons. The Morgan fingerprint density at radius 2 is 1.93 bits per heavy atom. The molecule has 4 aliphatic rings. The van der Waals surface area contributed by atoms with E-state index in [9.17, 15) is 23.9 Å². The zero-order valence-corrected chi connectivity index (χ0v) is 16.1. The summed E-state index contributed by atoms with van der Waals surface area (Å²) in [7, 11) is 3.77. The maximum Gasteiger partial charge on any atom is 0.318 e. The largest absolute Gasteiger partial charge is 0.480 e. The highest BCUT2D eigenvalue weighted by Crippen LogP contribution is 2.44. The minimum atomic E-state index is -1.21. The number of carbonyl (C=O) groups excluding carboxylic acids is 2. The van der Waals surface area contributed by atoms with E-state index in [0.29, 0.717) is 24.4 Å². The van der Waals surface area contributed by atoms with Gasteiger partial charge in [-0.15, -0.1) is 0 Å². The maximum absolute atomic E-state index is 14.9. The third-order valence-corrected chi connectivity index (χ3v) is 6.51. The number of aliphatic carboxylic acids is 1. The normalized spacial score (nSPS) is 36.2. The summed E-state index contributed by atoms with van der Waals surface area (Å²) in [4.78, 5) is 41.7. The number of piperazine rings is 1. The Balaban J connectivity index is 1.79. The van der Waals surface area contributed by atoms with Gasteiger partial charge in [0.2, 0.25) is 11.6 Å². The highest BCUT2D eigenvalue weighted by molar-refractivity contribution is 6.06. The number of quaternary nitrogens is 1. The van der Waals surface area contributed by atoms with Crippen molar-refractivity contribution >= 4 is 17.5 Å². The molecule has 1 N–H and O–H groups in total. The number of carbonyl (C=O) groups is 3. The number of halogens is 1. The molecule has 4 rings (SSSR count). The Kier molecular flexibility index (Phi) is 4.50. The van der Waals surface area contributed by atoms with Crippen LogP contribution < -0.4 is 0 Å². The van der Waals surface area contributed by atoms with Gasteiger partial charge in [-0.05, 0) is 25.6 Å². The number of carboxylic acid groups (broad SMARTS) is 1. The number of rotatable bonds is 2. The molecule has 7 nitrogen and oxygen atoms in total. The zero-order valence-electron chi connectivity index (χ0n) is 16.1. The van der Waals surface area contributed by atoms with E-state index in [0.717, 1.165) is 13.1 Å². The van der Waals surface area contributed by atoms with Gasteiger partial charge < -0.3 is 14.9 Å². The van der Waals surface area contributed by atoms with Crippen molar-refractivity contribution in [2.45, 2.75) is 12.5 Å². The average molecular weight is 390 g/mol. The summed E-state index contributed by atoms with van der Waals surface area (Å²) in [6.45, 7) is 2.79. The molecule has 8 heteroatoms. The lowest BCUT2D eigenvalue weighted by atomic mass is 9.71. The minimum absolute atomic E-state index is 0.0373. The molecule has 3 aliphatic heterocycles. The lowest BCUT2D eigenvalue weighted by Gasteiger charge is -2.49. The predicted molar refractivity (Wildman–Crippen MR) is 98.5 cm³/mol. The van der Waals surface area contributed by atoms with Crippen LogP contribution in [-0.2, 0) is 14.4 Å². The predicted octanol–water partition coefficient (Wildman–Crippen LogP) is 0.556. The molecular weight excluding hydrogens is 365 g/mol. The van der Waals surface area contributed by atoms with Gasteiger partial charge in [-0.25, -0.2) is 4.39 Å². The minimum Gasteiger partial charge on any atom is -0.480 e. The molecule has 0 amide bonds. The topological polar surface area (TPSA) is 77.9 Å². The lowest BCUT2D eigenvalue weighted by Crippen LogP contribution is -2.66. The molecule has 2 saturated heterocycles. The van der Waals surface area contributed by atoms with Gasteiger partial charge in [-0.3, -0.25) is 18.9 Å². The highest BCUT2D eigenvalue weighted by Gasteiger charge is 2.57. The van der Waals surface area contributed by atoms with Crippen LogP contribution in [0.4, 0.5) is 4.39 Å². The molecule has 4 unspecified atom stereocenters.